The van der Waals surface area contributed by atoms with Gasteiger partial charge < -0.3 is 15.2 Å². The second-order valence-electron chi connectivity index (χ2n) is 5.46. The molecule has 3 rings (SSSR count). The molecule has 2 N–H and O–H groups in total. The lowest BCUT2D eigenvalue weighted by Gasteiger charge is -2.15. The van der Waals surface area contributed by atoms with E-state index in [4.69, 9.17) is 0 Å². The van der Waals surface area contributed by atoms with Crippen LogP contribution >= 0.6 is 0 Å². The number of aromatic nitrogens is 2. The third-order valence-electron chi connectivity index (χ3n) is 3.96. The molecule has 0 aliphatic carbocycles. The SMILES string of the molecule is CCN(C)C(=O)c1cccc(NCc2ccnc3[nH]ccc23)c1. The van der Waals surface area contributed by atoms with Crippen molar-refractivity contribution in [1.29, 1.82) is 0 Å². The summed E-state index contributed by atoms with van der Waals surface area (Å²) in [4.78, 5) is 21.3. The van der Waals surface area contributed by atoms with Gasteiger partial charge in [0.1, 0.15) is 5.65 Å². The van der Waals surface area contributed by atoms with Crippen molar-refractivity contribution in [2.24, 2.45) is 0 Å². The van der Waals surface area contributed by atoms with Crippen LogP contribution in [0.5, 0.6) is 0 Å². The summed E-state index contributed by atoms with van der Waals surface area (Å²) in [5.74, 6) is 0.0353. The Bertz CT molecular complexity index is 825. The van der Waals surface area contributed by atoms with Gasteiger partial charge in [0.25, 0.3) is 5.91 Å². The minimum atomic E-state index is 0.0353. The van der Waals surface area contributed by atoms with Crippen molar-refractivity contribution in [3.8, 4) is 0 Å². The van der Waals surface area contributed by atoms with Crippen LogP contribution < -0.4 is 5.32 Å². The van der Waals surface area contributed by atoms with Gasteiger partial charge in [-0.1, -0.05) is 6.07 Å². The summed E-state index contributed by atoms with van der Waals surface area (Å²) in [5.41, 5.74) is 3.68. The van der Waals surface area contributed by atoms with E-state index in [0.29, 0.717) is 18.7 Å². The minimum absolute atomic E-state index is 0.0353. The average Bonchev–Trinajstić information content (AvgIpc) is 3.08. The molecule has 0 bridgehead atoms. The first kappa shape index (κ1) is 15.1. The number of carbonyl (C=O) groups is 1. The standard InChI is InChI=1S/C18H20N4O/c1-3-22(2)18(23)13-5-4-6-15(11-13)21-12-14-7-9-19-17-16(14)8-10-20-17/h4-11,21H,3,12H2,1-2H3,(H,19,20). The van der Waals surface area contributed by atoms with Crippen molar-refractivity contribution >= 4 is 22.6 Å². The molecule has 2 heterocycles. The van der Waals surface area contributed by atoms with E-state index >= 15 is 0 Å². The molecule has 2 aromatic heterocycles. The maximum Gasteiger partial charge on any atom is 0.253 e. The van der Waals surface area contributed by atoms with Crippen LogP contribution in [0.15, 0.2) is 48.8 Å². The highest BCUT2D eigenvalue weighted by Crippen LogP contribution is 2.18. The van der Waals surface area contributed by atoms with E-state index in [0.717, 1.165) is 16.7 Å². The Morgan fingerprint density at radius 2 is 2.17 bits per heavy atom. The van der Waals surface area contributed by atoms with Gasteiger partial charge in [0, 0.05) is 49.2 Å². The average molecular weight is 308 g/mol. The van der Waals surface area contributed by atoms with Crippen LogP contribution in [0.1, 0.15) is 22.8 Å². The molecular formula is C18H20N4O. The molecule has 3 aromatic rings. The predicted molar refractivity (Wildman–Crippen MR) is 92.5 cm³/mol. The molecule has 0 saturated carbocycles. The lowest BCUT2D eigenvalue weighted by atomic mass is 10.1. The molecule has 0 atom stereocenters. The Kier molecular flexibility index (Phi) is 4.28. The molecule has 5 heteroatoms. The van der Waals surface area contributed by atoms with Crippen LogP contribution in [-0.4, -0.2) is 34.4 Å². The third kappa shape index (κ3) is 3.18. The van der Waals surface area contributed by atoms with Crippen LogP contribution in [0.25, 0.3) is 11.0 Å². The number of nitrogens with zero attached hydrogens (tertiary/aromatic N) is 2. The molecule has 118 valence electrons. The van der Waals surface area contributed by atoms with Gasteiger partial charge in [-0.15, -0.1) is 0 Å². The summed E-state index contributed by atoms with van der Waals surface area (Å²) in [6, 6.07) is 11.6. The van der Waals surface area contributed by atoms with Gasteiger partial charge in [0.05, 0.1) is 0 Å². The second-order valence-corrected chi connectivity index (χ2v) is 5.46. The molecule has 0 radical (unpaired) electrons. The zero-order chi connectivity index (χ0) is 16.2. The van der Waals surface area contributed by atoms with Crippen molar-refractivity contribution < 1.29 is 4.79 Å². The number of benzene rings is 1. The van der Waals surface area contributed by atoms with Crippen molar-refractivity contribution in [3.63, 3.8) is 0 Å². The van der Waals surface area contributed by atoms with E-state index in [1.807, 2.05) is 56.6 Å². The van der Waals surface area contributed by atoms with Gasteiger partial charge in [-0.2, -0.15) is 0 Å². The quantitative estimate of drug-likeness (QED) is 0.760. The number of anilines is 1. The zero-order valence-electron chi connectivity index (χ0n) is 13.3. The van der Waals surface area contributed by atoms with Crippen LogP contribution in [0.4, 0.5) is 5.69 Å². The van der Waals surface area contributed by atoms with Gasteiger partial charge in [0.2, 0.25) is 0 Å². The van der Waals surface area contributed by atoms with Gasteiger partial charge in [-0.3, -0.25) is 4.79 Å². The van der Waals surface area contributed by atoms with Crippen molar-refractivity contribution in [3.05, 3.63) is 59.9 Å². The van der Waals surface area contributed by atoms with Crippen molar-refractivity contribution in [1.82, 2.24) is 14.9 Å². The van der Waals surface area contributed by atoms with E-state index in [1.165, 1.54) is 5.56 Å². The Labute approximate surface area is 135 Å². The van der Waals surface area contributed by atoms with Crippen LogP contribution in [0.2, 0.25) is 0 Å². The lowest BCUT2D eigenvalue weighted by Crippen LogP contribution is -2.26. The van der Waals surface area contributed by atoms with Crippen LogP contribution in [-0.2, 0) is 6.54 Å². The second kappa shape index (κ2) is 6.52. The molecule has 1 aromatic carbocycles. The molecular weight excluding hydrogens is 288 g/mol. The molecule has 0 unspecified atom stereocenters. The Morgan fingerprint density at radius 3 is 3.00 bits per heavy atom. The van der Waals surface area contributed by atoms with E-state index < -0.39 is 0 Å². The molecule has 1 amide bonds. The van der Waals surface area contributed by atoms with Gasteiger partial charge in [-0.25, -0.2) is 4.98 Å². The summed E-state index contributed by atoms with van der Waals surface area (Å²) in [6.45, 7) is 3.34. The third-order valence-corrected chi connectivity index (χ3v) is 3.96. The summed E-state index contributed by atoms with van der Waals surface area (Å²) < 4.78 is 0. The molecule has 0 saturated heterocycles. The minimum Gasteiger partial charge on any atom is -0.381 e. The Hall–Kier alpha value is -2.82. The predicted octanol–water partition coefficient (Wildman–Crippen LogP) is 3.27. The van der Waals surface area contributed by atoms with Gasteiger partial charge in [0.15, 0.2) is 0 Å². The highest BCUT2D eigenvalue weighted by atomic mass is 16.2. The molecule has 0 aliphatic rings. The Balaban J connectivity index is 1.76. The van der Waals surface area contributed by atoms with Crippen molar-refractivity contribution in [2.45, 2.75) is 13.5 Å². The number of hydrogen-bond donors (Lipinski definition) is 2. The van der Waals surface area contributed by atoms with Crippen LogP contribution in [0, 0.1) is 0 Å². The first-order chi connectivity index (χ1) is 11.2. The number of aromatic amines is 1. The topological polar surface area (TPSA) is 61.0 Å². The number of carbonyl (C=O) groups excluding carboxylic acids is 1. The number of pyridine rings is 1. The summed E-state index contributed by atoms with van der Waals surface area (Å²) in [7, 11) is 1.81. The van der Waals surface area contributed by atoms with E-state index in [2.05, 4.69) is 15.3 Å². The number of hydrogen-bond acceptors (Lipinski definition) is 3. The van der Waals surface area contributed by atoms with Crippen LogP contribution in [0.3, 0.4) is 0 Å². The molecule has 23 heavy (non-hydrogen) atoms. The first-order valence-corrected chi connectivity index (χ1v) is 7.69. The number of H-pyrrole nitrogens is 1. The van der Waals surface area contributed by atoms with E-state index in [-0.39, 0.29) is 5.91 Å². The summed E-state index contributed by atoms with van der Waals surface area (Å²) in [5, 5.41) is 4.49. The fourth-order valence-corrected chi connectivity index (χ4v) is 2.50. The normalized spacial score (nSPS) is 10.7. The molecule has 0 aliphatic heterocycles. The number of amides is 1. The molecule has 0 fully saturated rings. The Morgan fingerprint density at radius 1 is 1.30 bits per heavy atom. The lowest BCUT2D eigenvalue weighted by molar-refractivity contribution is 0.0802. The fourth-order valence-electron chi connectivity index (χ4n) is 2.50. The number of nitrogens with one attached hydrogen (secondary N) is 2. The first-order valence-electron chi connectivity index (χ1n) is 7.69. The summed E-state index contributed by atoms with van der Waals surface area (Å²) in [6.07, 6.45) is 3.69. The van der Waals surface area contributed by atoms with Crippen molar-refractivity contribution in [2.75, 3.05) is 18.9 Å². The number of rotatable bonds is 5. The monoisotopic (exact) mass is 308 g/mol. The molecule has 5 nitrogen and oxygen atoms in total. The highest BCUT2D eigenvalue weighted by molar-refractivity contribution is 5.95. The highest BCUT2D eigenvalue weighted by Gasteiger charge is 2.10. The van der Waals surface area contributed by atoms with Gasteiger partial charge >= 0.3 is 0 Å². The number of fused-ring (bicyclic) bond motifs is 1. The van der Waals surface area contributed by atoms with Gasteiger partial charge in [-0.05, 0) is 42.8 Å². The van der Waals surface area contributed by atoms with E-state index in [9.17, 15) is 4.79 Å². The maximum absolute atomic E-state index is 12.2. The molecule has 0 spiro atoms. The van der Waals surface area contributed by atoms with E-state index in [1.54, 1.807) is 11.1 Å². The smallest absolute Gasteiger partial charge is 0.253 e. The zero-order valence-corrected chi connectivity index (χ0v) is 13.3. The fraction of sp³-hybridized carbons (Fsp3) is 0.222. The largest absolute Gasteiger partial charge is 0.381 e. The maximum atomic E-state index is 12.2. The summed E-state index contributed by atoms with van der Waals surface area (Å²) >= 11 is 0.